The first kappa shape index (κ1) is 24.1. The quantitative estimate of drug-likeness (QED) is 0.477. The second-order valence-electron chi connectivity index (χ2n) is 9.11. The van der Waals surface area contributed by atoms with Crippen molar-refractivity contribution in [3.63, 3.8) is 0 Å². The number of rotatable bonds is 6. The molecule has 2 aromatic rings. The van der Waals surface area contributed by atoms with E-state index in [9.17, 15) is 18.0 Å². The average molecular weight is 533 g/mol. The summed E-state index contributed by atoms with van der Waals surface area (Å²) in [7, 11) is -3.97. The Morgan fingerprint density at radius 3 is 2.12 bits per heavy atom. The van der Waals surface area contributed by atoms with Crippen molar-refractivity contribution in [3.05, 3.63) is 58.6 Å². The summed E-state index contributed by atoms with van der Waals surface area (Å²) in [6, 6.07) is 12.5. The van der Waals surface area contributed by atoms with Crippen LogP contribution in [0.3, 0.4) is 0 Å². The van der Waals surface area contributed by atoms with Gasteiger partial charge in [0.2, 0.25) is 15.9 Å². The lowest BCUT2D eigenvalue weighted by Crippen LogP contribution is -2.51. The molecule has 33 heavy (non-hydrogen) atoms. The second kappa shape index (κ2) is 9.68. The highest BCUT2D eigenvalue weighted by Crippen LogP contribution is 2.35. The summed E-state index contributed by atoms with van der Waals surface area (Å²) in [6.45, 7) is 4.15. The number of imide groups is 1. The molecule has 1 aliphatic carbocycles. The van der Waals surface area contributed by atoms with Crippen LogP contribution < -0.4 is 4.90 Å². The van der Waals surface area contributed by atoms with E-state index >= 15 is 0 Å². The van der Waals surface area contributed by atoms with E-state index in [1.54, 1.807) is 36.4 Å². The molecule has 1 saturated carbocycles. The number of carbonyl (C=O) groups is 2. The van der Waals surface area contributed by atoms with E-state index in [-0.39, 0.29) is 23.3 Å². The zero-order valence-electron chi connectivity index (χ0n) is 18.9. The first-order valence-corrected chi connectivity index (χ1v) is 13.7. The molecule has 1 aliphatic heterocycles. The lowest BCUT2D eigenvalue weighted by atomic mass is 9.94. The Labute approximate surface area is 204 Å². The molecule has 8 heteroatoms. The Morgan fingerprint density at radius 1 is 0.939 bits per heavy atom. The zero-order valence-corrected chi connectivity index (χ0v) is 21.3. The van der Waals surface area contributed by atoms with Crippen molar-refractivity contribution in [2.45, 2.75) is 75.3 Å². The standard InChI is InChI=1S/C25H29BrN2O4S/c1-17(2)18-8-12-20(13-9-18)27-24(29)16-23(25(27)30)28(21-6-4-3-5-7-21)33(31,32)22-14-10-19(26)11-15-22/h8-15,17,21,23H,3-7,16H2,1-2H3. The van der Waals surface area contributed by atoms with Gasteiger partial charge in [-0.15, -0.1) is 0 Å². The predicted octanol–water partition coefficient (Wildman–Crippen LogP) is 5.23. The number of sulfonamides is 1. The van der Waals surface area contributed by atoms with Gasteiger partial charge in [0.15, 0.2) is 0 Å². The largest absolute Gasteiger partial charge is 0.274 e. The predicted molar refractivity (Wildman–Crippen MR) is 131 cm³/mol. The van der Waals surface area contributed by atoms with Crippen LogP contribution in [0.2, 0.25) is 0 Å². The van der Waals surface area contributed by atoms with Gasteiger partial charge in [-0.05, 0) is 60.7 Å². The topological polar surface area (TPSA) is 74.8 Å². The van der Waals surface area contributed by atoms with Gasteiger partial charge in [0.1, 0.15) is 6.04 Å². The molecule has 2 fully saturated rings. The number of benzene rings is 2. The fourth-order valence-electron chi connectivity index (χ4n) is 4.78. The summed E-state index contributed by atoms with van der Waals surface area (Å²) >= 11 is 3.34. The van der Waals surface area contributed by atoms with Crippen LogP contribution in [0.4, 0.5) is 5.69 Å². The maximum Gasteiger partial charge on any atom is 0.252 e. The minimum Gasteiger partial charge on any atom is -0.274 e. The Bertz CT molecular complexity index is 1120. The molecule has 0 spiro atoms. The van der Waals surface area contributed by atoms with E-state index in [0.29, 0.717) is 24.4 Å². The number of amides is 2. The van der Waals surface area contributed by atoms with Crippen LogP contribution in [0.25, 0.3) is 0 Å². The molecule has 0 N–H and O–H groups in total. The maximum absolute atomic E-state index is 13.8. The minimum absolute atomic E-state index is 0.135. The molecule has 176 valence electrons. The third-order valence-corrected chi connectivity index (χ3v) is 9.08. The van der Waals surface area contributed by atoms with Gasteiger partial charge in [-0.1, -0.05) is 61.2 Å². The maximum atomic E-state index is 13.8. The van der Waals surface area contributed by atoms with Gasteiger partial charge in [0.25, 0.3) is 5.91 Å². The van der Waals surface area contributed by atoms with E-state index in [2.05, 4.69) is 29.8 Å². The third-order valence-electron chi connectivity index (χ3n) is 6.57. The van der Waals surface area contributed by atoms with Gasteiger partial charge in [-0.25, -0.2) is 13.3 Å². The second-order valence-corrected chi connectivity index (χ2v) is 11.9. The SMILES string of the molecule is CC(C)c1ccc(N2C(=O)CC(N(C3CCCCC3)S(=O)(=O)c3ccc(Br)cc3)C2=O)cc1. The third kappa shape index (κ3) is 4.79. The number of anilines is 1. The van der Waals surface area contributed by atoms with Crippen LogP contribution >= 0.6 is 15.9 Å². The fraction of sp³-hybridized carbons (Fsp3) is 0.440. The van der Waals surface area contributed by atoms with E-state index in [0.717, 1.165) is 34.2 Å². The Morgan fingerprint density at radius 2 is 1.55 bits per heavy atom. The summed E-state index contributed by atoms with van der Waals surface area (Å²) in [4.78, 5) is 27.8. The van der Waals surface area contributed by atoms with Gasteiger partial charge in [-0.2, -0.15) is 4.31 Å². The highest BCUT2D eigenvalue weighted by atomic mass is 79.9. The zero-order chi connectivity index (χ0) is 23.8. The van der Waals surface area contributed by atoms with Crippen LogP contribution in [0.1, 0.15) is 63.9 Å². The first-order chi connectivity index (χ1) is 15.7. The monoisotopic (exact) mass is 532 g/mol. The molecule has 1 unspecified atom stereocenters. The fourth-order valence-corrected chi connectivity index (χ4v) is 6.87. The van der Waals surface area contributed by atoms with Crippen molar-refractivity contribution in [3.8, 4) is 0 Å². The van der Waals surface area contributed by atoms with Gasteiger partial charge in [-0.3, -0.25) is 9.59 Å². The first-order valence-electron chi connectivity index (χ1n) is 11.5. The Kier molecular flexibility index (Phi) is 7.07. The molecule has 1 heterocycles. The van der Waals surface area contributed by atoms with Crippen molar-refractivity contribution in [1.82, 2.24) is 4.31 Å². The summed E-state index contributed by atoms with van der Waals surface area (Å²) in [5.74, 6) is -0.507. The molecular formula is C25H29BrN2O4S. The highest BCUT2D eigenvalue weighted by molar-refractivity contribution is 9.10. The summed E-state index contributed by atoms with van der Waals surface area (Å²) in [5.41, 5.74) is 1.59. The number of carbonyl (C=O) groups excluding carboxylic acids is 2. The number of nitrogens with zero attached hydrogens (tertiary/aromatic N) is 2. The molecule has 1 atom stereocenters. The molecule has 2 aliphatic rings. The minimum atomic E-state index is -3.97. The van der Waals surface area contributed by atoms with Crippen molar-refractivity contribution >= 4 is 43.5 Å². The molecule has 2 aromatic carbocycles. The molecule has 6 nitrogen and oxygen atoms in total. The molecular weight excluding hydrogens is 504 g/mol. The number of halogens is 1. The van der Waals surface area contributed by atoms with Crippen molar-refractivity contribution in [2.24, 2.45) is 0 Å². The smallest absolute Gasteiger partial charge is 0.252 e. The van der Waals surface area contributed by atoms with Crippen molar-refractivity contribution in [2.75, 3.05) is 4.90 Å². The van der Waals surface area contributed by atoms with Crippen LogP contribution in [0.5, 0.6) is 0 Å². The van der Waals surface area contributed by atoms with Crippen LogP contribution in [0, 0.1) is 0 Å². The molecule has 2 amide bonds. The highest BCUT2D eigenvalue weighted by Gasteiger charge is 2.49. The molecule has 1 saturated heterocycles. The van der Waals surface area contributed by atoms with Crippen LogP contribution in [-0.2, 0) is 19.6 Å². The summed E-state index contributed by atoms with van der Waals surface area (Å²) in [6.07, 6.45) is 4.11. The van der Waals surface area contributed by atoms with Crippen LogP contribution in [0.15, 0.2) is 57.9 Å². The van der Waals surface area contributed by atoms with Crippen molar-refractivity contribution in [1.29, 1.82) is 0 Å². The molecule has 4 rings (SSSR count). The van der Waals surface area contributed by atoms with Crippen molar-refractivity contribution < 1.29 is 18.0 Å². The van der Waals surface area contributed by atoms with Crippen LogP contribution in [-0.4, -0.2) is 36.6 Å². The van der Waals surface area contributed by atoms with E-state index in [1.165, 1.54) is 4.31 Å². The van der Waals surface area contributed by atoms with Gasteiger partial charge in [0, 0.05) is 10.5 Å². The molecule has 0 aromatic heterocycles. The summed E-state index contributed by atoms with van der Waals surface area (Å²) < 4.78 is 29.7. The molecule has 0 bridgehead atoms. The number of hydrogen-bond acceptors (Lipinski definition) is 4. The number of hydrogen-bond donors (Lipinski definition) is 0. The lowest BCUT2D eigenvalue weighted by molar-refractivity contribution is -0.122. The Balaban J connectivity index is 1.70. The average Bonchev–Trinajstić information content (AvgIpc) is 3.08. The Hall–Kier alpha value is -2.03. The molecule has 0 radical (unpaired) electrons. The van der Waals surface area contributed by atoms with Gasteiger partial charge >= 0.3 is 0 Å². The van der Waals surface area contributed by atoms with E-state index < -0.39 is 22.0 Å². The van der Waals surface area contributed by atoms with Gasteiger partial charge < -0.3 is 0 Å². The lowest BCUT2D eigenvalue weighted by Gasteiger charge is -2.36. The van der Waals surface area contributed by atoms with E-state index in [4.69, 9.17) is 0 Å². The summed E-state index contributed by atoms with van der Waals surface area (Å²) in [5, 5.41) is 0. The van der Waals surface area contributed by atoms with Gasteiger partial charge in [0.05, 0.1) is 17.0 Å². The normalized spacial score (nSPS) is 20.3. The van der Waals surface area contributed by atoms with E-state index in [1.807, 2.05) is 12.1 Å².